The van der Waals surface area contributed by atoms with Gasteiger partial charge in [-0.1, -0.05) is 40.6 Å². The van der Waals surface area contributed by atoms with E-state index in [4.69, 9.17) is 0 Å². The van der Waals surface area contributed by atoms with Crippen molar-refractivity contribution in [2.24, 2.45) is 11.8 Å². The van der Waals surface area contributed by atoms with Crippen LogP contribution >= 0.6 is 15.9 Å². The Balaban J connectivity index is 1.96. The lowest BCUT2D eigenvalue weighted by Crippen LogP contribution is -2.20. The smallest absolute Gasteiger partial charge is 0.0381 e. The average molecular weight is 308 g/mol. The SMILES string of the molecule is CC1=CC(C)CC(CNc2cccc(Br)c2C)C1. The molecule has 1 aromatic carbocycles. The van der Waals surface area contributed by atoms with Crippen molar-refractivity contribution in [3.8, 4) is 0 Å². The maximum atomic E-state index is 3.61. The van der Waals surface area contributed by atoms with Crippen molar-refractivity contribution in [3.63, 3.8) is 0 Å². The van der Waals surface area contributed by atoms with Gasteiger partial charge in [0.15, 0.2) is 0 Å². The molecule has 0 bridgehead atoms. The van der Waals surface area contributed by atoms with Crippen molar-refractivity contribution in [1.82, 2.24) is 0 Å². The van der Waals surface area contributed by atoms with E-state index in [1.807, 2.05) is 0 Å². The van der Waals surface area contributed by atoms with Crippen LogP contribution in [0.5, 0.6) is 0 Å². The molecule has 1 aromatic rings. The highest BCUT2D eigenvalue weighted by molar-refractivity contribution is 9.10. The number of anilines is 1. The van der Waals surface area contributed by atoms with Crippen LogP contribution in [0.3, 0.4) is 0 Å². The summed E-state index contributed by atoms with van der Waals surface area (Å²) in [7, 11) is 0. The first-order valence-electron chi connectivity index (χ1n) is 6.72. The first-order chi connectivity index (χ1) is 8.56. The minimum Gasteiger partial charge on any atom is -0.385 e. The lowest BCUT2D eigenvalue weighted by Gasteiger charge is -2.26. The second-order valence-corrected chi connectivity index (χ2v) is 6.44. The molecule has 2 heteroatoms. The Labute approximate surface area is 119 Å². The van der Waals surface area contributed by atoms with Crippen LogP contribution in [0, 0.1) is 18.8 Å². The minimum absolute atomic E-state index is 0.731. The highest BCUT2D eigenvalue weighted by atomic mass is 79.9. The third-order valence-electron chi connectivity index (χ3n) is 3.73. The highest BCUT2D eigenvalue weighted by Gasteiger charge is 2.17. The van der Waals surface area contributed by atoms with Crippen LogP contribution in [0.15, 0.2) is 34.3 Å². The predicted octanol–water partition coefficient (Wildman–Crippen LogP) is 5.16. The van der Waals surface area contributed by atoms with Crippen LogP contribution in [0.2, 0.25) is 0 Å². The fraction of sp³-hybridized carbons (Fsp3) is 0.500. The molecule has 0 spiro atoms. The molecule has 0 amide bonds. The number of allylic oxidation sites excluding steroid dienone is 2. The molecule has 0 aliphatic heterocycles. The Morgan fingerprint density at radius 2 is 2.11 bits per heavy atom. The van der Waals surface area contributed by atoms with Gasteiger partial charge in [-0.3, -0.25) is 0 Å². The molecule has 0 radical (unpaired) electrons. The van der Waals surface area contributed by atoms with Gasteiger partial charge in [0.25, 0.3) is 0 Å². The molecule has 0 heterocycles. The molecule has 1 nitrogen and oxygen atoms in total. The van der Waals surface area contributed by atoms with Crippen molar-refractivity contribution in [3.05, 3.63) is 39.9 Å². The molecule has 0 aromatic heterocycles. The summed E-state index contributed by atoms with van der Waals surface area (Å²) in [5.74, 6) is 1.50. The molecule has 2 atom stereocenters. The van der Waals surface area contributed by atoms with Crippen molar-refractivity contribution in [2.75, 3.05) is 11.9 Å². The molecule has 1 aliphatic carbocycles. The summed E-state index contributed by atoms with van der Waals surface area (Å²) in [6.07, 6.45) is 4.96. The first-order valence-corrected chi connectivity index (χ1v) is 7.52. The van der Waals surface area contributed by atoms with Gasteiger partial charge in [-0.15, -0.1) is 0 Å². The molecule has 1 aliphatic rings. The summed E-state index contributed by atoms with van der Waals surface area (Å²) in [6, 6.07) is 6.35. The van der Waals surface area contributed by atoms with E-state index in [-0.39, 0.29) is 0 Å². The third kappa shape index (κ3) is 3.38. The van der Waals surface area contributed by atoms with Crippen LogP contribution < -0.4 is 5.32 Å². The van der Waals surface area contributed by atoms with E-state index >= 15 is 0 Å². The molecule has 98 valence electrons. The van der Waals surface area contributed by atoms with Crippen molar-refractivity contribution >= 4 is 21.6 Å². The summed E-state index contributed by atoms with van der Waals surface area (Å²) in [5, 5.41) is 3.61. The quantitative estimate of drug-likeness (QED) is 0.760. The van der Waals surface area contributed by atoms with Gasteiger partial charge in [0.05, 0.1) is 0 Å². The molecule has 2 unspecified atom stereocenters. The second kappa shape index (κ2) is 5.92. The fourth-order valence-corrected chi connectivity index (χ4v) is 3.26. The van der Waals surface area contributed by atoms with E-state index < -0.39 is 0 Å². The van der Waals surface area contributed by atoms with Crippen LogP contribution in [-0.4, -0.2) is 6.54 Å². The van der Waals surface area contributed by atoms with Crippen LogP contribution in [0.4, 0.5) is 5.69 Å². The zero-order valence-corrected chi connectivity index (χ0v) is 13.0. The zero-order valence-electron chi connectivity index (χ0n) is 11.5. The van der Waals surface area contributed by atoms with Gasteiger partial charge in [0, 0.05) is 16.7 Å². The summed E-state index contributed by atoms with van der Waals surface area (Å²) < 4.78 is 1.18. The third-order valence-corrected chi connectivity index (χ3v) is 4.59. The van der Waals surface area contributed by atoms with Gasteiger partial charge in [-0.2, -0.15) is 0 Å². The Kier molecular flexibility index (Phi) is 4.50. The molecular formula is C16H22BrN. The van der Waals surface area contributed by atoms with E-state index in [0.29, 0.717) is 0 Å². The number of hydrogen-bond donors (Lipinski definition) is 1. The Bertz CT molecular complexity index is 450. The molecule has 0 saturated carbocycles. The molecule has 18 heavy (non-hydrogen) atoms. The number of nitrogens with one attached hydrogen (secondary N) is 1. The molecule has 2 rings (SSSR count). The highest BCUT2D eigenvalue weighted by Crippen LogP contribution is 2.29. The van der Waals surface area contributed by atoms with Gasteiger partial charge in [-0.05, 0) is 56.2 Å². The maximum absolute atomic E-state index is 3.61. The predicted molar refractivity (Wildman–Crippen MR) is 83.0 cm³/mol. The second-order valence-electron chi connectivity index (χ2n) is 5.59. The number of halogens is 1. The standard InChI is InChI=1S/C16H22BrN/c1-11-7-12(2)9-14(8-11)10-18-16-6-4-5-15(17)13(16)3/h4-7,11,14,18H,8-10H2,1-3H3. The van der Waals surface area contributed by atoms with Crippen molar-refractivity contribution < 1.29 is 0 Å². The van der Waals surface area contributed by atoms with Crippen molar-refractivity contribution in [2.45, 2.75) is 33.6 Å². The average Bonchev–Trinajstić information content (AvgIpc) is 2.30. The zero-order chi connectivity index (χ0) is 13.1. The van der Waals surface area contributed by atoms with Gasteiger partial charge in [0.2, 0.25) is 0 Å². The fourth-order valence-electron chi connectivity index (χ4n) is 2.90. The van der Waals surface area contributed by atoms with E-state index in [0.717, 1.165) is 18.4 Å². The maximum Gasteiger partial charge on any atom is 0.0381 e. The Morgan fingerprint density at radius 3 is 2.83 bits per heavy atom. The van der Waals surface area contributed by atoms with Crippen molar-refractivity contribution in [1.29, 1.82) is 0 Å². The Morgan fingerprint density at radius 1 is 1.33 bits per heavy atom. The van der Waals surface area contributed by atoms with Gasteiger partial charge in [0.1, 0.15) is 0 Å². The molecule has 0 saturated heterocycles. The van der Waals surface area contributed by atoms with E-state index in [2.05, 4.69) is 66.3 Å². The number of benzene rings is 1. The summed E-state index contributed by atoms with van der Waals surface area (Å²) in [5.41, 5.74) is 4.10. The monoisotopic (exact) mass is 307 g/mol. The molecule has 1 N–H and O–H groups in total. The molecular weight excluding hydrogens is 286 g/mol. The topological polar surface area (TPSA) is 12.0 Å². The lowest BCUT2D eigenvalue weighted by molar-refractivity contribution is 0.421. The number of rotatable bonds is 3. The van der Waals surface area contributed by atoms with Crippen LogP contribution in [0.25, 0.3) is 0 Å². The largest absolute Gasteiger partial charge is 0.385 e. The van der Waals surface area contributed by atoms with Crippen LogP contribution in [-0.2, 0) is 0 Å². The summed E-state index contributed by atoms with van der Waals surface area (Å²) >= 11 is 3.58. The van der Waals surface area contributed by atoms with Gasteiger partial charge < -0.3 is 5.32 Å². The lowest BCUT2D eigenvalue weighted by atomic mass is 9.83. The van der Waals surface area contributed by atoms with Gasteiger partial charge in [-0.25, -0.2) is 0 Å². The summed E-state index contributed by atoms with van der Waals surface area (Å²) in [6.45, 7) is 7.81. The Hall–Kier alpha value is -0.760. The van der Waals surface area contributed by atoms with E-state index in [9.17, 15) is 0 Å². The normalized spacial score (nSPS) is 23.7. The summed E-state index contributed by atoms with van der Waals surface area (Å²) in [4.78, 5) is 0. The van der Waals surface area contributed by atoms with E-state index in [1.54, 1.807) is 5.57 Å². The van der Waals surface area contributed by atoms with E-state index in [1.165, 1.54) is 28.6 Å². The number of hydrogen-bond acceptors (Lipinski definition) is 1. The van der Waals surface area contributed by atoms with Crippen LogP contribution in [0.1, 0.15) is 32.3 Å². The minimum atomic E-state index is 0.731. The van der Waals surface area contributed by atoms with Gasteiger partial charge >= 0.3 is 0 Å². The first kappa shape index (κ1) is 13.7. The molecule has 0 fully saturated rings.